The predicted octanol–water partition coefficient (Wildman–Crippen LogP) is 5.36. The minimum atomic E-state index is -0.735. The molecule has 140 valence electrons. The van der Waals surface area contributed by atoms with E-state index < -0.39 is 5.97 Å². The van der Waals surface area contributed by atoms with E-state index in [0.717, 1.165) is 37.7 Å². The Morgan fingerprint density at radius 3 is 2.33 bits per heavy atom. The van der Waals surface area contributed by atoms with Crippen LogP contribution in [0.25, 0.3) is 0 Å². The molecule has 2 unspecified atom stereocenters. The van der Waals surface area contributed by atoms with E-state index in [1.165, 1.54) is 19.3 Å². The van der Waals surface area contributed by atoms with Gasteiger partial charge in [0.05, 0.1) is 6.61 Å². The Bertz CT molecular complexity index is 387. The van der Waals surface area contributed by atoms with Crippen LogP contribution in [0.1, 0.15) is 85.5 Å². The number of carboxylic acid groups (broad SMARTS) is 1. The van der Waals surface area contributed by atoms with Crippen LogP contribution in [-0.4, -0.2) is 23.7 Å². The zero-order chi connectivity index (χ0) is 18.4. The highest BCUT2D eigenvalue weighted by Crippen LogP contribution is 2.16. The van der Waals surface area contributed by atoms with Gasteiger partial charge in [0.1, 0.15) is 0 Å². The molecule has 0 aromatic rings. The number of ether oxygens (including phenoxy) is 1. The molecule has 0 amide bonds. The molecule has 0 aliphatic carbocycles. The minimum absolute atomic E-state index is 0.204. The van der Waals surface area contributed by atoms with Crippen LogP contribution < -0.4 is 0 Å². The third-order valence-electron chi connectivity index (χ3n) is 4.22. The van der Waals surface area contributed by atoms with Crippen LogP contribution in [0.3, 0.4) is 0 Å². The molecule has 0 aromatic carbocycles. The molecule has 4 nitrogen and oxygen atoms in total. The van der Waals surface area contributed by atoms with Gasteiger partial charge in [-0.3, -0.25) is 4.79 Å². The highest BCUT2D eigenvalue weighted by Gasteiger charge is 2.10. The van der Waals surface area contributed by atoms with Crippen molar-refractivity contribution in [3.8, 4) is 0 Å². The van der Waals surface area contributed by atoms with Gasteiger partial charge in [0.2, 0.25) is 0 Å². The smallest absolute Gasteiger partial charge is 0.330 e. The Balaban J connectivity index is 3.82. The number of carbonyl (C=O) groups excluding carboxylic acids is 1. The van der Waals surface area contributed by atoms with Crippen LogP contribution in [0, 0.1) is 11.8 Å². The Kier molecular flexibility index (Phi) is 13.3. The summed E-state index contributed by atoms with van der Waals surface area (Å²) in [4.78, 5) is 22.4. The molecular formula is C20H36O4. The predicted molar refractivity (Wildman–Crippen MR) is 97.9 cm³/mol. The van der Waals surface area contributed by atoms with Crippen molar-refractivity contribution in [3.63, 3.8) is 0 Å². The first-order valence-corrected chi connectivity index (χ1v) is 9.40. The topological polar surface area (TPSA) is 63.6 Å². The molecule has 0 saturated heterocycles. The number of rotatable bonds is 14. The molecule has 0 aromatic heterocycles. The third-order valence-corrected chi connectivity index (χ3v) is 4.22. The van der Waals surface area contributed by atoms with Crippen LogP contribution in [0.4, 0.5) is 0 Å². The van der Waals surface area contributed by atoms with Crippen molar-refractivity contribution < 1.29 is 19.4 Å². The highest BCUT2D eigenvalue weighted by molar-refractivity contribution is 5.82. The molecule has 0 radical (unpaired) electrons. The summed E-state index contributed by atoms with van der Waals surface area (Å²) in [5.41, 5.74) is 1.09. The van der Waals surface area contributed by atoms with Crippen LogP contribution in [0.2, 0.25) is 0 Å². The first-order valence-electron chi connectivity index (χ1n) is 9.40. The molecule has 0 aliphatic rings. The maximum Gasteiger partial charge on any atom is 0.330 e. The number of carbonyl (C=O) groups is 2. The second-order valence-electron chi connectivity index (χ2n) is 7.17. The number of unbranched alkanes of at least 4 members (excludes halogenated alkanes) is 3. The van der Waals surface area contributed by atoms with Gasteiger partial charge in [-0.2, -0.15) is 0 Å². The summed E-state index contributed by atoms with van der Waals surface area (Å²) in [7, 11) is 0. The lowest BCUT2D eigenvalue weighted by Gasteiger charge is -2.13. The van der Waals surface area contributed by atoms with E-state index in [9.17, 15) is 9.59 Å². The Morgan fingerprint density at radius 2 is 1.71 bits per heavy atom. The fourth-order valence-electron chi connectivity index (χ4n) is 2.67. The highest BCUT2D eigenvalue weighted by atomic mass is 16.5. The molecule has 24 heavy (non-hydrogen) atoms. The molecule has 0 rings (SSSR count). The maximum atomic E-state index is 11.8. The van der Waals surface area contributed by atoms with Crippen molar-refractivity contribution >= 4 is 11.9 Å². The van der Waals surface area contributed by atoms with E-state index in [1.807, 2.05) is 13.8 Å². The first-order chi connectivity index (χ1) is 11.3. The number of esters is 1. The van der Waals surface area contributed by atoms with Gasteiger partial charge in [-0.05, 0) is 38.0 Å². The second-order valence-corrected chi connectivity index (χ2v) is 7.17. The molecule has 0 aliphatic heterocycles. The van der Waals surface area contributed by atoms with E-state index in [2.05, 4.69) is 13.8 Å². The van der Waals surface area contributed by atoms with Crippen molar-refractivity contribution in [1.29, 1.82) is 0 Å². The van der Waals surface area contributed by atoms with E-state index in [4.69, 9.17) is 9.84 Å². The summed E-state index contributed by atoms with van der Waals surface area (Å²) in [6.45, 7) is 8.64. The van der Waals surface area contributed by atoms with Crippen LogP contribution in [0.5, 0.6) is 0 Å². The van der Waals surface area contributed by atoms with Crippen molar-refractivity contribution in [3.05, 3.63) is 11.6 Å². The molecule has 0 heterocycles. The molecule has 1 N–H and O–H groups in total. The summed E-state index contributed by atoms with van der Waals surface area (Å²) >= 11 is 0. The van der Waals surface area contributed by atoms with Crippen LogP contribution >= 0.6 is 0 Å². The lowest BCUT2D eigenvalue weighted by atomic mass is 9.97. The molecule has 0 saturated carbocycles. The normalized spacial score (nSPS) is 14.2. The van der Waals surface area contributed by atoms with E-state index in [-0.39, 0.29) is 18.3 Å². The summed E-state index contributed by atoms with van der Waals surface area (Å²) in [5.74, 6) is -0.463. The summed E-state index contributed by atoms with van der Waals surface area (Å²) < 4.78 is 5.31. The minimum Gasteiger partial charge on any atom is -0.481 e. The molecule has 0 spiro atoms. The van der Waals surface area contributed by atoms with Gasteiger partial charge in [-0.25, -0.2) is 4.79 Å². The summed E-state index contributed by atoms with van der Waals surface area (Å²) in [5, 5.41) is 8.73. The largest absolute Gasteiger partial charge is 0.481 e. The van der Waals surface area contributed by atoms with Gasteiger partial charge < -0.3 is 9.84 Å². The fourth-order valence-corrected chi connectivity index (χ4v) is 2.67. The second kappa shape index (κ2) is 14.1. The zero-order valence-electron chi connectivity index (χ0n) is 16.0. The Labute approximate surface area is 147 Å². The average molecular weight is 341 g/mol. The van der Waals surface area contributed by atoms with Gasteiger partial charge in [0.25, 0.3) is 0 Å². The van der Waals surface area contributed by atoms with Crippen molar-refractivity contribution in [2.75, 3.05) is 6.61 Å². The molecule has 2 atom stereocenters. The fraction of sp³-hybridized carbons (Fsp3) is 0.800. The first kappa shape index (κ1) is 22.7. The number of allylic oxidation sites excluding steroid dienone is 1. The average Bonchev–Trinajstić information content (AvgIpc) is 2.49. The zero-order valence-corrected chi connectivity index (χ0v) is 16.0. The lowest BCUT2D eigenvalue weighted by molar-refractivity contribution is -0.139. The van der Waals surface area contributed by atoms with Crippen molar-refractivity contribution in [2.24, 2.45) is 11.8 Å². The standard InChI is InChI=1S/C20H36O4/c1-5-6-7-8-10-17(3)14-20(23)24-15-18(4)12-9-11-16(2)13-19(21)22/h14,16,18H,5-13,15H2,1-4H3,(H,21,22)/b17-14-. The van der Waals surface area contributed by atoms with Crippen molar-refractivity contribution in [1.82, 2.24) is 0 Å². The molecule has 0 bridgehead atoms. The Hall–Kier alpha value is -1.32. The number of carboxylic acids is 1. The Morgan fingerprint density at radius 1 is 1.04 bits per heavy atom. The van der Waals surface area contributed by atoms with Crippen LogP contribution in [-0.2, 0) is 14.3 Å². The number of hydrogen-bond acceptors (Lipinski definition) is 3. The van der Waals surface area contributed by atoms with Gasteiger partial charge in [0, 0.05) is 12.5 Å². The quantitative estimate of drug-likeness (QED) is 0.262. The van der Waals surface area contributed by atoms with Gasteiger partial charge in [-0.1, -0.05) is 58.4 Å². The van der Waals surface area contributed by atoms with Gasteiger partial charge >= 0.3 is 11.9 Å². The van der Waals surface area contributed by atoms with Crippen molar-refractivity contribution in [2.45, 2.75) is 85.5 Å². The maximum absolute atomic E-state index is 11.8. The van der Waals surface area contributed by atoms with E-state index in [0.29, 0.717) is 12.5 Å². The molecule has 4 heteroatoms. The van der Waals surface area contributed by atoms with Crippen LogP contribution in [0.15, 0.2) is 11.6 Å². The SMILES string of the molecule is CCCCCC/C(C)=C\C(=O)OCC(C)CCCC(C)CC(=O)O. The van der Waals surface area contributed by atoms with Gasteiger partial charge in [0.15, 0.2) is 0 Å². The number of hydrogen-bond donors (Lipinski definition) is 1. The third kappa shape index (κ3) is 14.3. The monoisotopic (exact) mass is 340 g/mol. The summed E-state index contributed by atoms with van der Waals surface area (Å²) in [6, 6.07) is 0. The lowest BCUT2D eigenvalue weighted by Crippen LogP contribution is -2.11. The molecular weight excluding hydrogens is 304 g/mol. The molecule has 0 fully saturated rings. The van der Waals surface area contributed by atoms with Gasteiger partial charge in [-0.15, -0.1) is 0 Å². The van der Waals surface area contributed by atoms with E-state index in [1.54, 1.807) is 6.08 Å². The number of aliphatic carboxylic acids is 1. The summed E-state index contributed by atoms with van der Waals surface area (Å²) in [6.07, 6.45) is 10.5. The van der Waals surface area contributed by atoms with E-state index >= 15 is 0 Å².